The zero-order valence-corrected chi connectivity index (χ0v) is 6.71. The summed E-state index contributed by atoms with van der Waals surface area (Å²) in [5.41, 5.74) is 0. The molecule has 0 rings (SSSR count). The number of hydrogen-bond donors (Lipinski definition) is 4. The number of rotatable bonds is 0. The molecule has 0 saturated carbocycles. The molecule has 0 aromatic heterocycles. The van der Waals surface area contributed by atoms with E-state index in [9.17, 15) is 0 Å². The van der Waals surface area contributed by atoms with Crippen LogP contribution in [0.1, 0.15) is 0 Å². The molecule has 0 aliphatic rings. The van der Waals surface area contributed by atoms with Gasteiger partial charge in [0, 0.05) is 36.9 Å². The molecule has 0 aliphatic carbocycles. The van der Waals surface area contributed by atoms with Gasteiger partial charge in [-0.3, -0.25) is 0 Å². The van der Waals surface area contributed by atoms with Gasteiger partial charge >= 0.3 is 0 Å². The van der Waals surface area contributed by atoms with Gasteiger partial charge in [0.2, 0.25) is 0 Å². The van der Waals surface area contributed by atoms with E-state index in [0.717, 1.165) is 0 Å². The Labute approximate surface area is 68.3 Å². The van der Waals surface area contributed by atoms with E-state index in [2.05, 4.69) is 10.1 Å². The van der Waals surface area contributed by atoms with Crippen molar-refractivity contribution in [3.63, 3.8) is 0 Å². The zero-order valence-electron chi connectivity index (χ0n) is 3.27. The molecule has 8 heteroatoms. The van der Waals surface area contributed by atoms with Crippen LogP contribution in [-0.2, 0) is 47.0 Å². The van der Waals surface area contributed by atoms with E-state index >= 15 is 0 Å². The molecule has 0 saturated heterocycles. The van der Waals surface area contributed by atoms with Crippen molar-refractivity contribution < 1.29 is 68.0 Å². The first-order valence-electron chi connectivity index (χ1n) is 0.730. The largest absolute Gasteiger partial charge is 0.221 e. The standard InChI is InChI=1S/Co.Ir.2H2O3/c;;2*1-3-2/h;;2*1-2H. The van der Waals surface area contributed by atoms with Crippen molar-refractivity contribution in [1.82, 2.24) is 0 Å². The molecule has 0 aromatic rings. The summed E-state index contributed by atoms with van der Waals surface area (Å²) in [4.78, 5) is 0. The minimum Gasteiger partial charge on any atom is -0.221 e. The molecule has 2 radical (unpaired) electrons. The van der Waals surface area contributed by atoms with Crippen molar-refractivity contribution in [2.24, 2.45) is 0 Å². The molecule has 0 atom stereocenters. The Hall–Kier alpha value is 0.916. The normalized spacial score (nSPS) is 4.50. The molecule has 4 N–H and O–H groups in total. The molecule has 0 aromatic carbocycles. The van der Waals surface area contributed by atoms with Gasteiger partial charge in [-0.2, -0.15) is 0 Å². The molecule has 0 spiro atoms. The van der Waals surface area contributed by atoms with E-state index in [1.807, 2.05) is 0 Å². The molecule has 0 fully saturated rings. The van der Waals surface area contributed by atoms with E-state index in [0.29, 0.717) is 0 Å². The molecule has 0 amide bonds. The van der Waals surface area contributed by atoms with E-state index in [1.54, 1.807) is 0 Å². The maximum Gasteiger partial charge on any atom is 0 e. The van der Waals surface area contributed by atoms with Crippen LogP contribution in [0, 0.1) is 0 Å². The van der Waals surface area contributed by atoms with Crippen molar-refractivity contribution in [3.05, 3.63) is 0 Å². The molecule has 6 nitrogen and oxygen atoms in total. The van der Waals surface area contributed by atoms with Crippen molar-refractivity contribution in [2.75, 3.05) is 0 Å². The summed E-state index contributed by atoms with van der Waals surface area (Å²) in [7, 11) is 0. The third-order valence-corrected chi connectivity index (χ3v) is 0. The third kappa shape index (κ3) is 289. The molecule has 0 bridgehead atoms. The summed E-state index contributed by atoms with van der Waals surface area (Å²) in [6, 6.07) is 0. The van der Waals surface area contributed by atoms with Crippen LogP contribution < -0.4 is 0 Å². The fourth-order valence-corrected chi connectivity index (χ4v) is 0. The van der Waals surface area contributed by atoms with Gasteiger partial charge in [-0.05, 0) is 0 Å². The predicted molar refractivity (Wildman–Crippen MR) is 12.7 cm³/mol. The second-order valence-corrected chi connectivity index (χ2v) is 0.163. The first-order valence-corrected chi connectivity index (χ1v) is 0.730. The van der Waals surface area contributed by atoms with Crippen molar-refractivity contribution >= 4 is 0 Å². The summed E-state index contributed by atoms with van der Waals surface area (Å²) in [6.07, 6.45) is 0. The van der Waals surface area contributed by atoms with E-state index in [4.69, 9.17) is 21.0 Å². The van der Waals surface area contributed by atoms with Gasteiger partial charge in [-0.25, -0.2) is 21.0 Å². The van der Waals surface area contributed by atoms with Gasteiger partial charge < -0.3 is 0 Å². The van der Waals surface area contributed by atoms with Crippen LogP contribution in [0.2, 0.25) is 0 Å². The monoisotopic (exact) mass is 352 g/mol. The molecule has 0 aliphatic heterocycles. The Kier molecular flexibility index (Phi) is 129. The smallest absolute Gasteiger partial charge is 0 e. The van der Waals surface area contributed by atoms with Crippen molar-refractivity contribution in [2.45, 2.75) is 0 Å². The average Bonchev–Trinajstić information content (AvgIpc) is 1.39. The van der Waals surface area contributed by atoms with Gasteiger partial charge in [0.15, 0.2) is 0 Å². The van der Waals surface area contributed by atoms with Gasteiger partial charge in [0.05, 0.1) is 0 Å². The quantitative estimate of drug-likeness (QED) is 0.359. The van der Waals surface area contributed by atoms with Crippen LogP contribution in [0.15, 0.2) is 0 Å². The Morgan fingerprint density at radius 3 is 0.750 bits per heavy atom. The van der Waals surface area contributed by atoms with Gasteiger partial charge in [-0.1, -0.05) is 10.1 Å². The first kappa shape index (κ1) is 23.1. The van der Waals surface area contributed by atoms with Crippen molar-refractivity contribution in [3.8, 4) is 0 Å². The van der Waals surface area contributed by atoms with Crippen LogP contribution in [0.25, 0.3) is 0 Å². The predicted octanol–water partition coefficient (Wildman–Crippen LogP) is -0.107. The third-order valence-electron chi connectivity index (χ3n) is 0. The maximum atomic E-state index is 6.62. The summed E-state index contributed by atoms with van der Waals surface area (Å²) in [5, 5.41) is 31.0. The van der Waals surface area contributed by atoms with E-state index in [-0.39, 0.29) is 36.9 Å². The minimum atomic E-state index is 0. The van der Waals surface area contributed by atoms with Gasteiger partial charge in [-0.15, -0.1) is 0 Å². The fourth-order valence-electron chi connectivity index (χ4n) is 0. The summed E-state index contributed by atoms with van der Waals surface area (Å²) in [5.74, 6) is 0. The summed E-state index contributed by atoms with van der Waals surface area (Å²) >= 11 is 0. The average molecular weight is 351 g/mol. The van der Waals surface area contributed by atoms with Crippen LogP contribution in [0.4, 0.5) is 0 Å². The Balaban J connectivity index is -0.0000000160. The van der Waals surface area contributed by atoms with Crippen molar-refractivity contribution in [1.29, 1.82) is 0 Å². The van der Waals surface area contributed by atoms with Crippen LogP contribution in [0.5, 0.6) is 0 Å². The second kappa shape index (κ2) is 44.5. The summed E-state index contributed by atoms with van der Waals surface area (Å²) in [6.45, 7) is 0. The van der Waals surface area contributed by atoms with Crippen LogP contribution in [0.3, 0.4) is 0 Å². The van der Waals surface area contributed by atoms with Gasteiger partial charge in [0.25, 0.3) is 0 Å². The Bertz CT molecular complexity index is 10.5. The number of hydrogen-bond acceptors (Lipinski definition) is 6. The SMILES string of the molecule is OOO.OOO.[Co].[Ir]. The van der Waals surface area contributed by atoms with E-state index < -0.39 is 0 Å². The first-order chi connectivity index (χ1) is 2.83. The van der Waals surface area contributed by atoms with Crippen LogP contribution >= 0.6 is 0 Å². The Morgan fingerprint density at radius 1 is 0.750 bits per heavy atom. The molecule has 0 heterocycles. The van der Waals surface area contributed by atoms with Crippen LogP contribution in [-0.4, -0.2) is 21.0 Å². The molecule has 0 unspecified atom stereocenters. The Morgan fingerprint density at radius 2 is 0.750 bits per heavy atom. The molecular weight excluding hydrogens is 347 g/mol. The molecule has 8 heavy (non-hydrogen) atoms. The summed E-state index contributed by atoms with van der Waals surface area (Å²) < 4.78 is 0. The topological polar surface area (TPSA) is 99.4 Å². The van der Waals surface area contributed by atoms with Gasteiger partial charge in [0.1, 0.15) is 0 Å². The second-order valence-electron chi connectivity index (χ2n) is 0.163. The fraction of sp³-hybridized carbons (Fsp3) is 0. The molecule has 58 valence electrons. The maximum absolute atomic E-state index is 6.62. The minimum absolute atomic E-state index is 0. The zero-order chi connectivity index (χ0) is 5.41. The van der Waals surface area contributed by atoms with E-state index in [1.165, 1.54) is 0 Å². The molecular formula is H4CoIrO6.